The van der Waals surface area contributed by atoms with Gasteiger partial charge < -0.3 is 5.73 Å². The first-order chi connectivity index (χ1) is 5.29. The van der Waals surface area contributed by atoms with Gasteiger partial charge in [-0.25, -0.2) is 4.98 Å². The van der Waals surface area contributed by atoms with Crippen molar-refractivity contribution in [2.75, 3.05) is 5.73 Å². The summed E-state index contributed by atoms with van der Waals surface area (Å²) in [5.41, 5.74) is 6.25. The fraction of sp³-hybridized carbons (Fsp3) is 0.333. The van der Waals surface area contributed by atoms with Gasteiger partial charge in [-0.05, 0) is 0 Å². The minimum atomic E-state index is 0.586. The maximum absolute atomic E-state index is 5.47. The van der Waals surface area contributed by atoms with E-state index in [0.717, 1.165) is 17.9 Å². The molecule has 0 aliphatic heterocycles. The summed E-state index contributed by atoms with van der Waals surface area (Å²) >= 11 is 0. The van der Waals surface area contributed by atoms with Crippen LogP contribution in [0.4, 0.5) is 5.82 Å². The van der Waals surface area contributed by atoms with E-state index in [0.29, 0.717) is 5.82 Å². The lowest BCUT2D eigenvalue weighted by molar-refractivity contribution is 0.793. The van der Waals surface area contributed by atoms with Crippen LogP contribution in [0.5, 0.6) is 0 Å². The first-order valence-electron chi connectivity index (χ1n) is 3.49. The third-order valence-corrected chi connectivity index (χ3v) is 1.51. The molecule has 0 spiro atoms. The molecule has 0 aromatic carbocycles. The Morgan fingerprint density at radius 3 is 3.18 bits per heavy atom. The van der Waals surface area contributed by atoms with Crippen molar-refractivity contribution in [1.29, 1.82) is 0 Å². The zero-order chi connectivity index (χ0) is 7.84. The predicted molar refractivity (Wildman–Crippen MR) is 41.1 cm³/mol. The van der Waals surface area contributed by atoms with Crippen LogP contribution in [-0.4, -0.2) is 19.8 Å². The monoisotopic (exact) mass is 151 g/mol. The van der Waals surface area contributed by atoms with Crippen LogP contribution in [-0.2, 0) is 6.42 Å². The average molecular weight is 151 g/mol. The van der Waals surface area contributed by atoms with Gasteiger partial charge in [0.15, 0.2) is 11.5 Å². The van der Waals surface area contributed by atoms with Crippen LogP contribution in [0.3, 0.4) is 0 Å². The maximum atomic E-state index is 5.47. The van der Waals surface area contributed by atoms with Gasteiger partial charge >= 0.3 is 0 Å². The summed E-state index contributed by atoms with van der Waals surface area (Å²) in [5.74, 6) is 1.42. The Labute approximate surface area is 63.2 Å². The average Bonchev–Trinajstić information content (AvgIpc) is 2.43. The van der Waals surface area contributed by atoms with Gasteiger partial charge in [0.1, 0.15) is 5.82 Å². The molecule has 11 heavy (non-hydrogen) atoms. The predicted octanol–water partition coefficient (Wildman–Crippen LogP) is 0.202. The van der Waals surface area contributed by atoms with Gasteiger partial charge in [0.05, 0.1) is 0 Å². The molecular formula is C6H9N5. The fourth-order valence-corrected chi connectivity index (χ4v) is 0.988. The maximum Gasteiger partial charge on any atom is 0.177 e. The number of aromatic nitrogens is 4. The zero-order valence-corrected chi connectivity index (χ0v) is 6.20. The molecule has 0 aliphatic carbocycles. The van der Waals surface area contributed by atoms with Gasteiger partial charge in [0, 0.05) is 12.5 Å². The summed E-state index contributed by atoms with van der Waals surface area (Å²) in [6, 6.07) is 1.76. The lowest BCUT2D eigenvalue weighted by Gasteiger charge is -1.82. The molecule has 0 unspecified atom stereocenters. The van der Waals surface area contributed by atoms with Gasteiger partial charge in [-0.2, -0.15) is 4.63 Å². The van der Waals surface area contributed by atoms with Crippen LogP contribution in [0.25, 0.3) is 5.65 Å². The highest BCUT2D eigenvalue weighted by Gasteiger charge is 2.02. The minimum Gasteiger partial charge on any atom is -0.384 e. The topological polar surface area (TPSA) is 72.0 Å². The summed E-state index contributed by atoms with van der Waals surface area (Å²) in [6.45, 7) is 2.01. The highest BCUT2D eigenvalue weighted by Crippen LogP contribution is 2.04. The number of hydrogen-bond acceptors (Lipinski definition) is 3. The molecule has 0 saturated heterocycles. The van der Waals surface area contributed by atoms with E-state index in [1.165, 1.54) is 0 Å². The van der Waals surface area contributed by atoms with Gasteiger partial charge in [-0.15, -0.1) is 5.10 Å². The van der Waals surface area contributed by atoms with E-state index in [1.54, 1.807) is 10.7 Å². The first-order valence-corrected chi connectivity index (χ1v) is 3.49. The molecule has 0 radical (unpaired) electrons. The molecule has 5 heteroatoms. The van der Waals surface area contributed by atoms with Crippen LogP contribution in [0.2, 0.25) is 0 Å². The highest BCUT2D eigenvalue weighted by molar-refractivity contribution is 5.46. The van der Waals surface area contributed by atoms with Crippen LogP contribution in [0.1, 0.15) is 12.7 Å². The Bertz CT molecular complexity index is 340. The van der Waals surface area contributed by atoms with Crippen molar-refractivity contribution in [3.05, 3.63) is 11.9 Å². The number of aromatic amines is 1. The molecular weight excluding hydrogens is 142 g/mol. The van der Waals surface area contributed by atoms with E-state index in [4.69, 9.17) is 5.73 Å². The van der Waals surface area contributed by atoms with Crippen molar-refractivity contribution < 1.29 is 0 Å². The van der Waals surface area contributed by atoms with Gasteiger partial charge in [0.2, 0.25) is 0 Å². The SMILES string of the molecule is CCc1nc2cc(N)[nH]n2n1. The zero-order valence-electron chi connectivity index (χ0n) is 6.20. The second-order valence-corrected chi connectivity index (χ2v) is 2.36. The number of nitrogens with zero attached hydrogens (tertiary/aromatic N) is 3. The van der Waals surface area contributed by atoms with Crippen LogP contribution in [0.15, 0.2) is 6.07 Å². The van der Waals surface area contributed by atoms with E-state index in [2.05, 4.69) is 15.2 Å². The number of anilines is 1. The molecule has 2 heterocycles. The fourth-order valence-electron chi connectivity index (χ4n) is 0.988. The normalized spacial score (nSPS) is 11.0. The Kier molecular flexibility index (Phi) is 1.12. The number of rotatable bonds is 1. The van der Waals surface area contributed by atoms with E-state index >= 15 is 0 Å². The van der Waals surface area contributed by atoms with Gasteiger partial charge in [0.25, 0.3) is 0 Å². The number of nitrogen functional groups attached to an aromatic ring is 1. The molecule has 3 N–H and O–H groups in total. The van der Waals surface area contributed by atoms with Crippen LogP contribution in [0, 0.1) is 0 Å². The Morgan fingerprint density at radius 1 is 1.73 bits per heavy atom. The second kappa shape index (κ2) is 1.98. The second-order valence-electron chi connectivity index (χ2n) is 2.36. The van der Waals surface area contributed by atoms with Crippen molar-refractivity contribution in [2.45, 2.75) is 13.3 Å². The summed E-state index contributed by atoms with van der Waals surface area (Å²) in [5, 5.41) is 6.96. The standard InChI is InChI=1S/C6H9N5/c1-2-5-8-6-3-4(7)9-11(6)10-5/h3,9H,2,7H2,1H3. The third-order valence-electron chi connectivity index (χ3n) is 1.51. The molecule has 2 aromatic heterocycles. The third kappa shape index (κ3) is 0.849. The summed E-state index contributed by atoms with van der Waals surface area (Å²) in [6.07, 6.45) is 0.843. The molecule has 0 bridgehead atoms. The van der Waals surface area contributed by atoms with Crippen LogP contribution < -0.4 is 5.73 Å². The Morgan fingerprint density at radius 2 is 2.55 bits per heavy atom. The minimum absolute atomic E-state index is 0.586. The molecule has 0 amide bonds. The van der Waals surface area contributed by atoms with Gasteiger partial charge in [-0.1, -0.05) is 6.92 Å². The largest absolute Gasteiger partial charge is 0.384 e. The summed E-state index contributed by atoms with van der Waals surface area (Å²) in [4.78, 5) is 4.19. The molecule has 0 saturated carbocycles. The number of nitrogens with two attached hydrogens (primary N) is 1. The van der Waals surface area contributed by atoms with E-state index in [1.807, 2.05) is 6.92 Å². The Balaban J connectivity index is 2.64. The van der Waals surface area contributed by atoms with E-state index in [9.17, 15) is 0 Å². The number of aryl methyl sites for hydroxylation is 1. The van der Waals surface area contributed by atoms with Crippen molar-refractivity contribution in [1.82, 2.24) is 19.8 Å². The van der Waals surface area contributed by atoms with Crippen molar-refractivity contribution >= 4 is 11.5 Å². The number of fused-ring (bicyclic) bond motifs is 1. The number of nitrogens with one attached hydrogen (secondary N) is 1. The van der Waals surface area contributed by atoms with Crippen molar-refractivity contribution in [3.8, 4) is 0 Å². The number of hydrogen-bond donors (Lipinski definition) is 2. The molecule has 2 rings (SSSR count). The smallest absolute Gasteiger partial charge is 0.177 e. The number of H-pyrrole nitrogens is 1. The lowest BCUT2D eigenvalue weighted by atomic mass is 10.5. The molecule has 58 valence electrons. The molecule has 0 fully saturated rings. The summed E-state index contributed by atoms with van der Waals surface area (Å²) in [7, 11) is 0. The van der Waals surface area contributed by atoms with Crippen LogP contribution >= 0.6 is 0 Å². The molecule has 0 atom stereocenters. The molecule has 5 nitrogen and oxygen atoms in total. The molecule has 0 aliphatic rings. The van der Waals surface area contributed by atoms with Crippen molar-refractivity contribution in [3.63, 3.8) is 0 Å². The Hall–Kier alpha value is -1.52. The molecule has 2 aromatic rings. The van der Waals surface area contributed by atoms with E-state index < -0.39 is 0 Å². The van der Waals surface area contributed by atoms with Crippen molar-refractivity contribution in [2.24, 2.45) is 0 Å². The van der Waals surface area contributed by atoms with E-state index in [-0.39, 0.29) is 0 Å². The quantitative estimate of drug-likeness (QED) is 0.611. The highest BCUT2D eigenvalue weighted by atomic mass is 15.5. The summed E-state index contributed by atoms with van der Waals surface area (Å²) < 4.78 is 1.58. The van der Waals surface area contributed by atoms with Gasteiger partial charge in [-0.3, -0.25) is 5.10 Å². The lowest BCUT2D eigenvalue weighted by Crippen LogP contribution is -1.91. The first kappa shape index (κ1) is 6.21.